The Balaban J connectivity index is 2.00. The van der Waals surface area contributed by atoms with Gasteiger partial charge in [0.05, 0.1) is 5.60 Å². The minimum atomic E-state index is -0.178. The van der Waals surface area contributed by atoms with Gasteiger partial charge >= 0.3 is 0 Å². The fraction of sp³-hybridized carbons (Fsp3) is 1.00. The van der Waals surface area contributed by atoms with Crippen molar-refractivity contribution in [2.24, 2.45) is 17.8 Å². The van der Waals surface area contributed by atoms with Crippen LogP contribution in [-0.2, 0) is 0 Å². The lowest BCUT2D eigenvalue weighted by Crippen LogP contribution is -2.38. The fourth-order valence-corrected chi connectivity index (χ4v) is 4.03. The van der Waals surface area contributed by atoms with Gasteiger partial charge in [0, 0.05) is 0 Å². The third-order valence-electron chi connectivity index (χ3n) is 4.48. The number of hydrogen-bond acceptors (Lipinski definition) is 1. The van der Waals surface area contributed by atoms with Crippen LogP contribution >= 0.6 is 0 Å². The van der Waals surface area contributed by atoms with Gasteiger partial charge in [-0.1, -0.05) is 6.42 Å². The summed E-state index contributed by atoms with van der Waals surface area (Å²) in [5.41, 5.74) is -0.178. The van der Waals surface area contributed by atoms with E-state index in [-0.39, 0.29) is 5.60 Å². The molecule has 2 bridgehead atoms. The summed E-state index contributed by atoms with van der Waals surface area (Å²) >= 11 is 0. The summed E-state index contributed by atoms with van der Waals surface area (Å²) in [5, 5.41) is 10.3. The van der Waals surface area contributed by atoms with Gasteiger partial charge in [-0.05, 0) is 49.9 Å². The molecular formula is C10H16O. The highest BCUT2D eigenvalue weighted by Crippen LogP contribution is 2.60. The molecule has 1 heteroatoms. The average Bonchev–Trinajstić information content (AvgIpc) is 2.54. The standard InChI is InChI=1S/C10H16O/c11-10-5-1-2-9(10)7-3-4-8(10)6-7/h7-9,11H,1-6H2/t7-,8+,9+,10+/m1/s1. The van der Waals surface area contributed by atoms with E-state index < -0.39 is 0 Å². The average molecular weight is 152 g/mol. The van der Waals surface area contributed by atoms with E-state index in [0.29, 0.717) is 11.8 Å². The number of fused-ring (bicyclic) bond motifs is 5. The van der Waals surface area contributed by atoms with Crippen molar-refractivity contribution in [1.29, 1.82) is 0 Å². The van der Waals surface area contributed by atoms with Crippen molar-refractivity contribution in [2.45, 2.75) is 44.1 Å². The van der Waals surface area contributed by atoms with Gasteiger partial charge in [-0.2, -0.15) is 0 Å². The third kappa shape index (κ3) is 0.618. The first-order valence-corrected chi connectivity index (χ1v) is 5.03. The Hall–Kier alpha value is -0.0400. The van der Waals surface area contributed by atoms with E-state index in [4.69, 9.17) is 0 Å². The molecule has 62 valence electrons. The normalized spacial score (nSPS) is 60.3. The predicted molar refractivity (Wildman–Crippen MR) is 43.1 cm³/mol. The van der Waals surface area contributed by atoms with E-state index in [1.165, 1.54) is 32.1 Å². The van der Waals surface area contributed by atoms with Crippen molar-refractivity contribution in [3.05, 3.63) is 0 Å². The molecule has 3 aliphatic rings. The third-order valence-corrected chi connectivity index (χ3v) is 4.48. The lowest BCUT2D eigenvalue weighted by Gasteiger charge is -2.34. The minimum absolute atomic E-state index is 0.178. The molecule has 0 spiro atoms. The van der Waals surface area contributed by atoms with Gasteiger partial charge in [0.25, 0.3) is 0 Å². The van der Waals surface area contributed by atoms with Gasteiger partial charge in [0.1, 0.15) is 0 Å². The first kappa shape index (κ1) is 6.47. The Morgan fingerprint density at radius 3 is 2.91 bits per heavy atom. The molecule has 0 aliphatic heterocycles. The van der Waals surface area contributed by atoms with Crippen molar-refractivity contribution < 1.29 is 5.11 Å². The topological polar surface area (TPSA) is 20.2 Å². The Bertz CT molecular complexity index is 189. The van der Waals surface area contributed by atoms with E-state index >= 15 is 0 Å². The van der Waals surface area contributed by atoms with E-state index in [0.717, 1.165) is 12.3 Å². The molecule has 0 radical (unpaired) electrons. The molecule has 0 aromatic carbocycles. The SMILES string of the molecule is O[C@]12CCC[C@H]1[C@@H]1CC[C@H]2C1. The molecule has 1 nitrogen and oxygen atoms in total. The second kappa shape index (κ2) is 1.82. The summed E-state index contributed by atoms with van der Waals surface area (Å²) in [5.74, 6) is 2.31. The summed E-state index contributed by atoms with van der Waals surface area (Å²) in [7, 11) is 0. The van der Waals surface area contributed by atoms with Gasteiger partial charge in [-0.3, -0.25) is 0 Å². The number of hydrogen-bond donors (Lipinski definition) is 1. The zero-order valence-electron chi connectivity index (χ0n) is 6.92. The predicted octanol–water partition coefficient (Wildman–Crippen LogP) is 1.95. The largest absolute Gasteiger partial charge is 0.389 e. The van der Waals surface area contributed by atoms with Crippen LogP contribution in [0.15, 0.2) is 0 Å². The molecule has 4 atom stereocenters. The van der Waals surface area contributed by atoms with Crippen molar-refractivity contribution >= 4 is 0 Å². The monoisotopic (exact) mass is 152 g/mol. The Labute approximate surface area is 67.8 Å². The van der Waals surface area contributed by atoms with Crippen LogP contribution in [0.1, 0.15) is 38.5 Å². The number of aliphatic hydroxyl groups is 1. The summed E-state index contributed by atoms with van der Waals surface area (Å²) in [6.45, 7) is 0. The quantitative estimate of drug-likeness (QED) is 0.562. The highest BCUT2D eigenvalue weighted by atomic mass is 16.3. The van der Waals surface area contributed by atoms with Crippen LogP contribution in [0.5, 0.6) is 0 Å². The minimum Gasteiger partial charge on any atom is -0.389 e. The van der Waals surface area contributed by atoms with Crippen molar-refractivity contribution in [1.82, 2.24) is 0 Å². The zero-order valence-corrected chi connectivity index (χ0v) is 6.92. The maximum atomic E-state index is 10.3. The molecular weight excluding hydrogens is 136 g/mol. The van der Waals surface area contributed by atoms with Gasteiger partial charge in [0.2, 0.25) is 0 Å². The molecule has 3 saturated carbocycles. The van der Waals surface area contributed by atoms with Crippen LogP contribution in [0, 0.1) is 17.8 Å². The summed E-state index contributed by atoms with van der Waals surface area (Å²) < 4.78 is 0. The van der Waals surface area contributed by atoms with E-state index in [2.05, 4.69) is 0 Å². The smallest absolute Gasteiger partial charge is 0.0706 e. The summed E-state index contributed by atoms with van der Waals surface area (Å²) in [6.07, 6.45) is 7.79. The molecule has 0 aromatic rings. The van der Waals surface area contributed by atoms with Crippen LogP contribution in [0.25, 0.3) is 0 Å². The van der Waals surface area contributed by atoms with Crippen LogP contribution < -0.4 is 0 Å². The Kier molecular flexibility index (Phi) is 1.07. The van der Waals surface area contributed by atoms with E-state index in [9.17, 15) is 5.11 Å². The molecule has 3 fully saturated rings. The van der Waals surface area contributed by atoms with Gasteiger partial charge in [-0.15, -0.1) is 0 Å². The van der Waals surface area contributed by atoms with Crippen molar-refractivity contribution in [2.75, 3.05) is 0 Å². The maximum absolute atomic E-state index is 10.3. The zero-order chi connectivity index (χ0) is 7.47. The van der Waals surface area contributed by atoms with Gasteiger partial charge < -0.3 is 5.11 Å². The maximum Gasteiger partial charge on any atom is 0.0706 e. The first-order chi connectivity index (χ1) is 5.31. The van der Waals surface area contributed by atoms with E-state index in [1.54, 1.807) is 0 Å². The van der Waals surface area contributed by atoms with Crippen molar-refractivity contribution in [3.8, 4) is 0 Å². The second-order valence-electron chi connectivity index (χ2n) is 4.76. The van der Waals surface area contributed by atoms with Gasteiger partial charge in [0.15, 0.2) is 0 Å². The Morgan fingerprint density at radius 2 is 2.09 bits per heavy atom. The number of rotatable bonds is 0. The van der Waals surface area contributed by atoms with Crippen LogP contribution in [0.4, 0.5) is 0 Å². The molecule has 3 aliphatic carbocycles. The highest BCUT2D eigenvalue weighted by Gasteiger charge is 2.58. The fourth-order valence-electron chi connectivity index (χ4n) is 4.03. The lowest BCUT2D eigenvalue weighted by atomic mass is 9.78. The van der Waals surface area contributed by atoms with Crippen molar-refractivity contribution in [3.63, 3.8) is 0 Å². The first-order valence-electron chi connectivity index (χ1n) is 5.03. The Morgan fingerprint density at radius 1 is 1.18 bits per heavy atom. The lowest BCUT2D eigenvalue weighted by molar-refractivity contribution is -0.0398. The van der Waals surface area contributed by atoms with Crippen LogP contribution in [-0.4, -0.2) is 10.7 Å². The molecule has 0 amide bonds. The summed E-state index contributed by atoms with van der Waals surface area (Å²) in [4.78, 5) is 0. The van der Waals surface area contributed by atoms with Crippen LogP contribution in [0.3, 0.4) is 0 Å². The molecule has 0 unspecified atom stereocenters. The molecule has 1 N–H and O–H groups in total. The molecule has 3 rings (SSSR count). The molecule has 0 aromatic heterocycles. The van der Waals surface area contributed by atoms with Gasteiger partial charge in [-0.25, -0.2) is 0 Å². The van der Waals surface area contributed by atoms with Crippen LogP contribution in [0.2, 0.25) is 0 Å². The second-order valence-corrected chi connectivity index (χ2v) is 4.76. The highest BCUT2D eigenvalue weighted by molar-refractivity contribution is 5.09. The van der Waals surface area contributed by atoms with E-state index in [1.807, 2.05) is 0 Å². The summed E-state index contributed by atoms with van der Waals surface area (Å²) in [6, 6.07) is 0. The molecule has 11 heavy (non-hydrogen) atoms. The molecule has 0 saturated heterocycles. The molecule has 0 heterocycles.